The number of nitrogens with zero attached hydrogens (tertiary/aromatic N) is 2. The third kappa shape index (κ3) is 5.81. The van der Waals surface area contributed by atoms with Crippen LogP contribution in [0.1, 0.15) is 22.3 Å². The third-order valence-corrected chi connectivity index (χ3v) is 6.65. The number of hydrogen-bond donors (Lipinski definition) is 0. The van der Waals surface area contributed by atoms with Gasteiger partial charge in [-0.25, -0.2) is 9.79 Å². The van der Waals surface area contributed by atoms with Gasteiger partial charge in [-0.3, -0.25) is 10.1 Å². The van der Waals surface area contributed by atoms with Crippen LogP contribution in [-0.2, 0) is 16.1 Å². The third-order valence-electron chi connectivity index (χ3n) is 5.12. The molecule has 10 heteroatoms. The van der Waals surface area contributed by atoms with Crippen LogP contribution in [0.4, 0.5) is 5.69 Å². The van der Waals surface area contributed by atoms with Crippen LogP contribution in [-0.4, -0.2) is 23.9 Å². The Kier molecular flexibility index (Phi) is 7.69. The highest BCUT2D eigenvalue weighted by atomic mass is 127. The van der Waals surface area contributed by atoms with E-state index in [2.05, 4.69) is 50.2 Å². The quantitative estimate of drug-likeness (QED) is 0.0982. The van der Waals surface area contributed by atoms with Crippen molar-refractivity contribution in [3.05, 3.63) is 99.8 Å². The average Bonchev–Trinajstić information content (AvgIpc) is 3.19. The molecule has 178 valence electrons. The molecule has 0 aromatic heterocycles. The minimum Gasteiger partial charge on any atom is -0.493 e. The van der Waals surface area contributed by atoms with Crippen molar-refractivity contribution >= 4 is 68.8 Å². The summed E-state index contributed by atoms with van der Waals surface area (Å²) in [6.45, 7) is 2.02. The average molecular weight is 696 g/mol. The fourth-order valence-electron chi connectivity index (χ4n) is 3.33. The molecule has 3 aromatic rings. The van der Waals surface area contributed by atoms with Gasteiger partial charge in [-0.2, -0.15) is 0 Å². The largest absolute Gasteiger partial charge is 0.493 e. The molecule has 1 aliphatic heterocycles. The Morgan fingerprint density at radius 3 is 2.54 bits per heavy atom. The van der Waals surface area contributed by atoms with E-state index in [-0.39, 0.29) is 17.3 Å². The summed E-state index contributed by atoms with van der Waals surface area (Å²) in [5.74, 6) is 0.484. The number of carbonyl (C=O) groups is 1. The monoisotopic (exact) mass is 696 g/mol. The lowest BCUT2D eigenvalue weighted by atomic mass is 10.1. The minimum absolute atomic E-state index is 0.0171. The van der Waals surface area contributed by atoms with Crippen molar-refractivity contribution < 1.29 is 23.9 Å². The first-order chi connectivity index (χ1) is 16.7. The summed E-state index contributed by atoms with van der Waals surface area (Å²) < 4.78 is 18.8. The zero-order valence-corrected chi connectivity index (χ0v) is 22.9. The number of carbonyl (C=O) groups excluding carboxylic acids is 1. The van der Waals surface area contributed by atoms with Crippen LogP contribution in [0.5, 0.6) is 11.5 Å². The fraction of sp³-hybridized carbons (Fsp3) is 0.120. The highest BCUT2D eigenvalue weighted by Gasteiger charge is 2.26. The number of nitro groups is 1. The van der Waals surface area contributed by atoms with E-state index in [0.717, 1.165) is 12.7 Å². The zero-order chi connectivity index (χ0) is 25.1. The van der Waals surface area contributed by atoms with Gasteiger partial charge < -0.3 is 14.2 Å². The van der Waals surface area contributed by atoms with E-state index in [9.17, 15) is 14.9 Å². The highest BCUT2D eigenvalue weighted by molar-refractivity contribution is 14.1. The number of cyclic esters (lactones) is 1. The number of methoxy groups -OCH3 is 1. The summed E-state index contributed by atoms with van der Waals surface area (Å²) in [7, 11) is 1.55. The smallest absolute Gasteiger partial charge is 0.363 e. The van der Waals surface area contributed by atoms with Crippen molar-refractivity contribution in [1.29, 1.82) is 0 Å². The Balaban J connectivity index is 1.60. The van der Waals surface area contributed by atoms with E-state index < -0.39 is 10.9 Å². The predicted octanol–water partition coefficient (Wildman–Crippen LogP) is 6.04. The van der Waals surface area contributed by atoms with E-state index in [1.807, 2.05) is 30.3 Å². The van der Waals surface area contributed by atoms with E-state index in [0.29, 0.717) is 34.8 Å². The standard InChI is InChI=1S/C25H18I2N2O6/c1-14-3-6-17(12-21(14)29(31)32)24-28-20(25(30)35-24)10-16-9-19(27)23(22(11-16)33-2)34-13-15-4-7-18(26)8-5-15/h3-12H,13H2,1-2H3/b20-10-. The molecule has 0 bridgehead atoms. The first-order valence-electron chi connectivity index (χ1n) is 10.3. The SMILES string of the molecule is COc1cc(/C=C2\N=C(c3ccc(C)c([N+](=O)[O-])c3)OC2=O)cc(I)c1OCc1ccc(I)cc1. The number of benzene rings is 3. The molecule has 4 rings (SSSR count). The van der Waals surface area contributed by atoms with Gasteiger partial charge in [0, 0.05) is 20.8 Å². The summed E-state index contributed by atoms with van der Waals surface area (Å²) in [6.07, 6.45) is 1.57. The van der Waals surface area contributed by atoms with Crippen LogP contribution >= 0.6 is 45.2 Å². The van der Waals surface area contributed by atoms with Crippen LogP contribution in [0.25, 0.3) is 6.08 Å². The number of hydrogen-bond acceptors (Lipinski definition) is 7. The zero-order valence-electron chi connectivity index (χ0n) is 18.6. The summed E-state index contributed by atoms with van der Waals surface area (Å²) in [6, 6.07) is 16.2. The van der Waals surface area contributed by atoms with Gasteiger partial charge in [-0.15, -0.1) is 0 Å². The van der Waals surface area contributed by atoms with E-state index >= 15 is 0 Å². The second kappa shape index (κ2) is 10.7. The minimum atomic E-state index is -0.642. The summed E-state index contributed by atoms with van der Waals surface area (Å²) in [5.41, 5.74) is 2.56. The maximum atomic E-state index is 12.4. The van der Waals surface area contributed by atoms with Crippen molar-refractivity contribution in [2.24, 2.45) is 4.99 Å². The Hall–Kier alpha value is -3.00. The predicted molar refractivity (Wildman–Crippen MR) is 148 cm³/mol. The molecule has 35 heavy (non-hydrogen) atoms. The van der Waals surface area contributed by atoms with Gasteiger partial charge in [0.1, 0.15) is 6.61 Å². The number of nitro benzene ring substituents is 1. The second-order valence-corrected chi connectivity index (χ2v) is 9.95. The molecule has 0 N–H and O–H groups in total. The van der Waals surface area contributed by atoms with Gasteiger partial charge in [0.05, 0.1) is 15.6 Å². The molecule has 0 unspecified atom stereocenters. The van der Waals surface area contributed by atoms with Crippen molar-refractivity contribution in [1.82, 2.24) is 0 Å². The van der Waals surface area contributed by atoms with Crippen LogP contribution in [0, 0.1) is 24.2 Å². The second-order valence-electron chi connectivity index (χ2n) is 7.54. The maximum absolute atomic E-state index is 12.4. The number of rotatable bonds is 7. The van der Waals surface area contributed by atoms with Gasteiger partial charge >= 0.3 is 5.97 Å². The molecule has 0 aliphatic carbocycles. The van der Waals surface area contributed by atoms with Crippen molar-refractivity contribution in [2.75, 3.05) is 7.11 Å². The van der Waals surface area contributed by atoms with E-state index in [1.165, 1.54) is 6.07 Å². The molecule has 0 spiro atoms. The Labute approximate surface area is 228 Å². The van der Waals surface area contributed by atoms with E-state index in [1.54, 1.807) is 38.3 Å². The van der Waals surface area contributed by atoms with Gasteiger partial charge in [0.15, 0.2) is 17.2 Å². The lowest BCUT2D eigenvalue weighted by Gasteiger charge is -2.14. The Bertz CT molecular complexity index is 1380. The van der Waals surface area contributed by atoms with Crippen LogP contribution < -0.4 is 9.47 Å². The van der Waals surface area contributed by atoms with Gasteiger partial charge in [-0.05, 0) is 99.6 Å². The number of ether oxygens (including phenoxy) is 3. The number of esters is 1. The van der Waals surface area contributed by atoms with Gasteiger partial charge in [0.2, 0.25) is 5.90 Å². The molecular weight excluding hydrogens is 678 g/mol. The normalized spacial score (nSPS) is 14.0. The molecule has 8 nitrogen and oxygen atoms in total. The summed E-state index contributed by atoms with van der Waals surface area (Å²) >= 11 is 4.40. The molecular formula is C25H18I2N2O6. The molecule has 0 fully saturated rings. The Morgan fingerprint density at radius 2 is 1.86 bits per heavy atom. The summed E-state index contributed by atoms with van der Waals surface area (Å²) in [5, 5.41) is 11.2. The summed E-state index contributed by atoms with van der Waals surface area (Å²) in [4.78, 5) is 27.5. The first-order valence-corrected chi connectivity index (χ1v) is 12.4. The van der Waals surface area contributed by atoms with Gasteiger partial charge in [-0.1, -0.05) is 18.2 Å². The Morgan fingerprint density at radius 1 is 1.11 bits per heavy atom. The molecule has 0 saturated heterocycles. The molecule has 1 aliphatic rings. The first kappa shape index (κ1) is 25.1. The molecule has 0 amide bonds. The maximum Gasteiger partial charge on any atom is 0.363 e. The fourth-order valence-corrected chi connectivity index (χ4v) is 4.47. The van der Waals surface area contributed by atoms with Gasteiger partial charge in [0.25, 0.3) is 5.69 Å². The van der Waals surface area contributed by atoms with Crippen LogP contribution in [0.2, 0.25) is 0 Å². The topological polar surface area (TPSA) is 100 Å². The number of aliphatic imine (C=N–C) groups is 1. The molecule has 1 heterocycles. The molecule has 0 atom stereocenters. The number of halogens is 2. The highest BCUT2D eigenvalue weighted by Crippen LogP contribution is 2.35. The van der Waals surface area contributed by atoms with Crippen molar-refractivity contribution in [3.63, 3.8) is 0 Å². The molecule has 0 saturated carbocycles. The lowest BCUT2D eigenvalue weighted by molar-refractivity contribution is -0.385. The van der Waals surface area contributed by atoms with Crippen LogP contribution in [0.3, 0.4) is 0 Å². The van der Waals surface area contributed by atoms with Crippen molar-refractivity contribution in [2.45, 2.75) is 13.5 Å². The molecule has 0 radical (unpaired) electrons. The lowest BCUT2D eigenvalue weighted by Crippen LogP contribution is -2.06. The number of aryl methyl sites for hydroxylation is 1. The van der Waals surface area contributed by atoms with Crippen LogP contribution in [0.15, 0.2) is 65.3 Å². The van der Waals surface area contributed by atoms with E-state index in [4.69, 9.17) is 14.2 Å². The van der Waals surface area contributed by atoms with Crippen molar-refractivity contribution in [3.8, 4) is 11.5 Å². The molecule has 3 aromatic carbocycles.